The molecule has 1 atom stereocenters. The van der Waals surface area contributed by atoms with Crippen LogP contribution in [0.3, 0.4) is 0 Å². The molecule has 1 fully saturated rings. The molecule has 1 aromatic heterocycles. The summed E-state index contributed by atoms with van der Waals surface area (Å²) < 4.78 is 44.4. The number of H-pyrrole nitrogens is 1. The molecule has 0 aliphatic carbocycles. The Bertz CT molecular complexity index is 852. The molecule has 1 aliphatic heterocycles. The Labute approximate surface area is 158 Å². The van der Waals surface area contributed by atoms with Crippen molar-refractivity contribution in [3.05, 3.63) is 47.3 Å². The van der Waals surface area contributed by atoms with Crippen LogP contribution in [0.25, 0.3) is 0 Å². The van der Waals surface area contributed by atoms with E-state index < -0.39 is 23.6 Å². The minimum absolute atomic E-state index is 0.0538. The molecule has 150 valence electrons. The van der Waals surface area contributed by atoms with Gasteiger partial charge in [0.15, 0.2) is 0 Å². The van der Waals surface area contributed by atoms with Crippen LogP contribution in [0.2, 0.25) is 0 Å². The quantitative estimate of drug-likeness (QED) is 0.814. The first kappa shape index (κ1) is 19.9. The minimum Gasteiger partial charge on any atom is -0.375 e. The van der Waals surface area contributed by atoms with Gasteiger partial charge >= 0.3 is 6.18 Å². The van der Waals surface area contributed by atoms with E-state index in [0.29, 0.717) is 19.5 Å². The SMILES string of the molecule is COCC(=O)Nc1cc(C(=O)N2CCC(c3ccn[nH]3)C2)cc(C(F)(F)F)c1. The van der Waals surface area contributed by atoms with Gasteiger partial charge in [-0.05, 0) is 30.7 Å². The number of methoxy groups -OCH3 is 1. The number of amides is 2. The van der Waals surface area contributed by atoms with E-state index in [0.717, 1.165) is 17.8 Å². The van der Waals surface area contributed by atoms with Gasteiger partial charge in [0, 0.05) is 49.3 Å². The molecule has 1 unspecified atom stereocenters. The molecule has 1 aromatic carbocycles. The van der Waals surface area contributed by atoms with Crippen molar-refractivity contribution in [1.82, 2.24) is 15.1 Å². The zero-order chi connectivity index (χ0) is 20.3. The van der Waals surface area contributed by atoms with Crippen LogP contribution in [0.1, 0.15) is 34.0 Å². The maximum atomic E-state index is 13.2. The van der Waals surface area contributed by atoms with E-state index in [1.807, 2.05) is 6.07 Å². The Morgan fingerprint density at radius 2 is 2.14 bits per heavy atom. The van der Waals surface area contributed by atoms with E-state index in [2.05, 4.69) is 20.3 Å². The number of alkyl halides is 3. The van der Waals surface area contributed by atoms with Gasteiger partial charge in [-0.15, -0.1) is 0 Å². The Hall–Kier alpha value is -2.88. The number of halogens is 3. The summed E-state index contributed by atoms with van der Waals surface area (Å²) in [6.07, 6.45) is -2.35. The topological polar surface area (TPSA) is 87.3 Å². The van der Waals surface area contributed by atoms with Crippen LogP contribution in [0.4, 0.5) is 18.9 Å². The molecule has 1 aliphatic rings. The molecule has 2 aromatic rings. The zero-order valence-corrected chi connectivity index (χ0v) is 15.0. The largest absolute Gasteiger partial charge is 0.416 e. The van der Waals surface area contributed by atoms with Gasteiger partial charge in [-0.3, -0.25) is 14.7 Å². The summed E-state index contributed by atoms with van der Waals surface area (Å²) in [7, 11) is 1.30. The number of benzene rings is 1. The molecule has 0 spiro atoms. The van der Waals surface area contributed by atoms with Crippen LogP contribution in [-0.2, 0) is 15.7 Å². The van der Waals surface area contributed by atoms with Gasteiger partial charge in [-0.25, -0.2) is 0 Å². The molecule has 0 saturated carbocycles. The summed E-state index contributed by atoms with van der Waals surface area (Å²) in [5, 5.41) is 9.06. The predicted molar refractivity (Wildman–Crippen MR) is 93.8 cm³/mol. The van der Waals surface area contributed by atoms with E-state index in [1.54, 1.807) is 6.20 Å². The number of aromatic amines is 1. The molecule has 2 N–H and O–H groups in total. The van der Waals surface area contributed by atoms with Crippen molar-refractivity contribution in [2.45, 2.75) is 18.5 Å². The first-order valence-electron chi connectivity index (χ1n) is 8.57. The zero-order valence-electron chi connectivity index (χ0n) is 15.0. The third-order valence-electron chi connectivity index (χ3n) is 4.50. The average Bonchev–Trinajstić information content (AvgIpc) is 3.31. The van der Waals surface area contributed by atoms with E-state index in [4.69, 9.17) is 0 Å². The summed E-state index contributed by atoms with van der Waals surface area (Å²) in [5.74, 6) is -1.07. The van der Waals surface area contributed by atoms with Gasteiger partial charge in [-0.2, -0.15) is 18.3 Å². The molecule has 28 heavy (non-hydrogen) atoms. The van der Waals surface area contributed by atoms with Crippen LogP contribution in [0.15, 0.2) is 30.5 Å². The first-order valence-corrected chi connectivity index (χ1v) is 8.57. The standard InChI is InChI=1S/C18H19F3N4O3/c1-28-10-16(26)23-14-7-12(6-13(8-14)18(19,20)21)17(27)25-5-3-11(9-25)15-2-4-22-24-15/h2,4,6-8,11H,3,5,9-10H2,1H3,(H,22,24)(H,23,26). The van der Waals surface area contributed by atoms with Crippen LogP contribution < -0.4 is 5.32 Å². The molecular weight excluding hydrogens is 377 g/mol. The molecule has 2 heterocycles. The van der Waals surface area contributed by atoms with Crippen LogP contribution in [-0.4, -0.2) is 53.7 Å². The molecule has 10 heteroatoms. The van der Waals surface area contributed by atoms with E-state index in [1.165, 1.54) is 18.1 Å². The highest BCUT2D eigenvalue weighted by Gasteiger charge is 2.34. The van der Waals surface area contributed by atoms with Crippen LogP contribution >= 0.6 is 0 Å². The molecule has 0 radical (unpaired) electrons. The summed E-state index contributed by atoms with van der Waals surface area (Å²) in [6.45, 7) is 0.490. The normalized spacial score (nSPS) is 17.0. The highest BCUT2D eigenvalue weighted by molar-refractivity contribution is 5.98. The minimum atomic E-state index is -4.65. The lowest BCUT2D eigenvalue weighted by Crippen LogP contribution is -2.29. The van der Waals surface area contributed by atoms with Crippen molar-refractivity contribution >= 4 is 17.5 Å². The average molecular weight is 396 g/mol. The number of ether oxygens (including phenoxy) is 1. The lowest BCUT2D eigenvalue weighted by molar-refractivity contribution is -0.137. The van der Waals surface area contributed by atoms with E-state index >= 15 is 0 Å². The molecule has 2 amide bonds. The van der Waals surface area contributed by atoms with Crippen molar-refractivity contribution < 1.29 is 27.5 Å². The lowest BCUT2D eigenvalue weighted by atomic mass is 10.1. The number of aromatic nitrogens is 2. The van der Waals surface area contributed by atoms with Gasteiger partial charge < -0.3 is 15.0 Å². The summed E-state index contributed by atoms with van der Waals surface area (Å²) in [6, 6.07) is 4.65. The number of rotatable bonds is 5. The summed E-state index contributed by atoms with van der Waals surface area (Å²) >= 11 is 0. The van der Waals surface area contributed by atoms with Crippen molar-refractivity contribution in [3.8, 4) is 0 Å². The van der Waals surface area contributed by atoms with Crippen molar-refractivity contribution in [1.29, 1.82) is 0 Å². The highest BCUT2D eigenvalue weighted by Crippen LogP contribution is 2.33. The second-order valence-corrected chi connectivity index (χ2v) is 6.53. The summed E-state index contributed by atoms with van der Waals surface area (Å²) in [5.41, 5.74) is -0.361. The number of hydrogen-bond acceptors (Lipinski definition) is 4. The fourth-order valence-corrected chi connectivity index (χ4v) is 3.19. The van der Waals surface area contributed by atoms with Gasteiger partial charge in [-0.1, -0.05) is 0 Å². The van der Waals surface area contributed by atoms with Gasteiger partial charge in [0.1, 0.15) is 6.61 Å². The molecule has 7 nitrogen and oxygen atoms in total. The Morgan fingerprint density at radius 3 is 2.79 bits per heavy atom. The predicted octanol–water partition coefficient (Wildman–Crippen LogP) is 2.64. The Morgan fingerprint density at radius 1 is 1.36 bits per heavy atom. The lowest BCUT2D eigenvalue weighted by Gasteiger charge is -2.18. The van der Waals surface area contributed by atoms with Crippen molar-refractivity contribution in [2.24, 2.45) is 0 Å². The molecule has 0 bridgehead atoms. The smallest absolute Gasteiger partial charge is 0.375 e. The van der Waals surface area contributed by atoms with Crippen LogP contribution in [0.5, 0.6) is 0 Å². The van der Waals surface area contributed by atoms with Gasteiger partial charge in [0.25, 0.3) is 5.91 Å². The number of likely N-dealkylation sites (tertiary alicyclic amines) is 1. The fourth-order valence-electron chi connectivity index (χ4n) is 3.19. The molecular formula is C18H19F3N4O3. The number of carbonyl (C=O) groups is 2. The Kier molecular flexibility index (Phi) is 5.68. The number of carbonyl (C=O) groups excluding carboxylic acids is 2. The maximum absolute atomic E-state index is 13.2. The third-order valence-corrected chi connectivity index (χ3v) is 4.50. The van der Waals surface area contributed by atoms with E-state index in [-0.39, 0.29) is 23.8 Å². The molecule has 3 rings (SSSR count). The van der Waals surface area contributed by atoms with Gasteiger partial charge in [0.2, 0.25) is 5.91 Å². The second kappa shape index (κ2) is 8.01. The number of hydrogen-bond donors (Lipinski definition) is 2. The second-order valence-electron chi connectivity index (χ2n) is 6.53. The van der Waals surface area contributed by atoms with Crippen molar-refractivity contribution in [3.63, 3.8) is 0 Å². The third kappa shape index (κ3) is 4.50. The first-order chi connectivity index (χ1) is 13.3. The number of anilines is 1. The molecule has 1 saturated heterocycles. The summed E-state index contributed by atoms with van der Waals surface area (Å²) in [4.78, 5) is 26.0. The monoisotopic (exact) mass is 396 g/mol. The van der Waals surface area contributed by atoms with Gasteiger partial charge in [0.05, 0.1) is 5.56 Å². The van der Waals surface area contributed by atoms with Crippen molar-refractivity contribution in [2.75, 3.05) is 32.1 Å². The van der Waals surface area contributed by atoms with E-state index in [9.17, 15) is 22.8 Å². The highest BCUT2D eigenvalue weighted by atomic mass is 19.4. The fraction of sp³-hybridized carbons (Fsp3) is 0.389. The Balaban J connectivity index is 1.83. The maximum Gasteiger partial charge on any atom is 0.416 e. The number of nitrogens with one attached hydrogen (secondary N) is 2. The number of nitrogens with zero attached hydrogens (tertiary/aromatic N) is 2. The van der Waals surface area contributed by atoms with Crippen LogP contribution in [0, 0.1) is 0 Å².